The quantitative estimate of drug-likeness (QED) is 0.269. The Morgan fingerprint density at radius 1 is 0.825 bits per heavy atom. The van der Waals surface area contributed by atoms with Gasteiger partial charge in [-0.1, -0.05) is 36.4 Å². The van der Waals surface area contributed by atoms with E-state index in [4.69, 9.17) is 4.74 Å². The van der Waals surface area contributed by atoms with E-state index in [9.17, 15) is 17.2 Å². The van der Waals surface area contributed by atoms with Crippen molar-refractivity contribution in [1.82, 2.24) is 4.98 Å². The average molecular weight is 561 g/mol. The van der Waals surface area contributed by atoms with Gasteiger partial charge in [0.15, 0.2) is 21.5 Å². The Morgan fingerprint density at radius 3 is 2.33 bits per heavy atom. The van der Waals surface area contributed by atoms with Crippen molar-refractivity contribution >= 4 is 15.5 Å². The zero-order valence-electron chi connectivity index (χ0n) is 22.0. The highest BCUT2D eigenvalue weighted by atomic mass is 32.2. The van der Waals surface area contributed by atoms with E-state index in [2.05, 4.69) is 16.0 Å². The van der Waals surface area contributed by atoms with E-state index in [1.54, 1.807) is 30.5 Å². The Bertz CT molecular complexity index is 1620. The number of aromatic nitrogens is 1. The van der Waals surface area contributed by atoms with E-state index in [0.29, 0.717) is 11.4 Å². The molecular formula is C32H30F2N2O3S. The van der Waals surface area contributed by atoms with Crippen LogP contribution in [0.3, 0.4) is 0 Å². The number of hydrogen-bond donors (Lipinski definition) is 0. The van der Waals surface area contributed by atoms with Crippen LogP contribution in [0, 0.1) is 11.6 Å². The van der Waals surface area contributed by atoms with Gasteiger partial charge in [-0.2, -0.15) is 0 Å². The Kier molecular flexibility index (Phi) is 7.04. The predicted octanol–water partition coefficient (Wildman–Crippen LogP) is 6.51. The maximum Gasteiger partial charge on any atom is 0.160 e. The van der Waals surface area contributed by atoms with Crippen molar-refractivity contribution in [2.24, 2.45) is 0 Å². The minimum absolute atomic E-state index is 0.0303. The number of hydrogen-bond acceptors (Lipinski definition) is 5. The number of benzene rings is 3. The van der Waals surface area contributed by atoms with E-state index >= 15 is 0 Å². The van der Waals surface area contributed by atoms with Gasteiger partial charge in [0.05, 0.1) is 17.2 Å². The molecule has 40 heavy (non-hydrogen) atoms. The zero-order chi connectivity index (χ0) is 27.7. The number of fused-ring (bicyclic) bond motifs is 1. The minimum Gasteiger partial charge on any atom is -0.487 e. The number of aryl methyl sites for hydroxylation is 1. The molecule has 5 nitrogen and oxygen atoms in total. The summed E-state index contributed by atoms with van der Waals surface area (Å²) in [5, 5.41) is 0. The smallest absolute Gasteiger partial charge is 0.160 e. The largest absolute Gasteiger partial charge is 0.487 e. The number of piperidine rings is 1. The second kappa shape index (κ2) is 10.7. The van der Waals surface area contributed by atoms with Crippen LogP contribution in [0.4, 0.5) is 14.5 Å². The van der Waals surface area contributed by atoms with Crippen molar-refractivity contribution in [1.29, 1.82) is 0 Å². The number of nitrogens with zero attached hydrogens (tertiary/aromatic N) is 2. The SMILES string of the molecule is O=S(=O)(Cc1ccc(-c2ccc3c(c2)CCC2(CCN(c4ccc(F)c(F)c4)CC2)O3)cc1)Cc1ccccn1. The lowest BCUT2D eigenvalue weighted by Crippen LogP contribution is -2.49. The molecule has 0 atom stereocenters. The van der Waals surface area contributed by atoms with E-state index in [1.807, 2.05) is 36.4 Å². The van der Waals surface area contributed by atoms with E-state index in [0.717, 1.165) is 66.8 Å². The molecule has 0 saturated carbocycles. The molecule has 0 aliphatic carbocycles. The topological polar surface area (TPSA) is 59.5 Å². The van der Waals surface area contributed by atoms with E-state index < -0.39 is 21.5 Å². The minimum atomic E-state index is -3.33. The Labute approximate surface area is 233 Å². The zero-order valence-corrected chi connectivity index (χ0v) is 22.8. The van der Waals surface area contributed by atoms with Crippen LogP contribution in [0.25, 0.3) is 11.1 Å². The van der Waals surface area contributed by atoms with Gasteiger partial charge in [-0.3, -0.25) is 4.98 Å². The highest BCUT2D eigenvalue weighted by Gasteiger charge is 2.39. The van der Waals surface area contributed by atoms with Gasteiger partial charge in [-0.05, 0) is 71.5 Å². The number of pyridine rings is 1. The first-order valence-corrected chi connectivity index (χ1v) is 15.3. The molecule has 0 bridgehead atoms. The number of ether oxygens (including phenoxy) is 1. The van der Waals surface area contributed by atoms with Crippen LogP contribution in [0.2, 0.25) is 0 Å². The summed E-state index contributed by atoms with van der Waals surface area (Å²) >= 11 is 0. The van der Waals surface area contributed by atoms with Gasteiger partial charge < -0.3 is 9.64 Å². The number of sulfone groups is 1. The summed E-state index contributed by atoms with van der Waals surface area (Å²) < 4.78 is 58.9. The fraction of sp³-hybridized carbons (Fsp3) is 0.281. The van der Waals surface area contributed by atoms with Crippen LogP contribution in [-0.2, 0) is 27.8 Å². The number of rotatable bonds is 6. The van der Waals surface area contributed by atoms with Crippen LogP contribution in [0.15, 0.2) is 85.1 Å². The fourth-order valence-electron chi connectivity index (χ4n) is 5.71. The molecule has 2 aliphatic rings. The molecule has 1 spiro atoms. The molecule has 6 rings (SSSR count). The summed E-state index contributed by atoms with van der Waals surface area (Å²) in [6.45, 7) is 1.45. The molecule has 3 aromatic carbocycles. The van der Waals surface area contributed by atoms with Gasteiger partial charge in [-0.25, -0.2) is 17.2 Å². The first-order chi connectivity index (χ1) is 19.3. The predicted molar refractivity (Wildman–Crippen MR) is 152 cm³/mol. The first kappa shape index (κ1) is 26.4. The maximum absolute atomic E-state index is 13.7. The molecule has 8 heteroatoms. The molecule has 1 saturated heterocycles. The standard InChI is InChI=1S/C32H30F2N2O3S/c33-29-10-9-28(20-30(29)34)36-17-14-32(15-18-36)13-12-26-19-25(8-11-31(26)39-32)24-6-4-23(5-7-24)21-40(37,38)22-27-3-1-2-16-35-27/h1-11,16,19-20H,12-15,17-18,21-22H2. The number of halogens is 2. The summed E-state index contributed by atoms with van der Waals surface area (Å²) in [5.41, 5.74) is 5.00. The highest BCUT2D eigenvalue weighted by molar-refractivity contribution is 7.89. The third-order valence-electron chi connectivity index (χ3n) is 7.95. The molecular weight excluding hydrogens is 530 g/mol. The van der Waals surface area contributed by atoms with Crippen LogP contribution >= 0.6 is 0 Å². The summed E-state index contributed by atoms with van der Waals surface area (Å²) in [7, 11) is -3.33. The Hall–Kier alpha value is -3.78. The maximum atomic E-state index is 13.7. The van der Waals surface area contributed by atoms with Gasteiger partial charge >= 0.3 is 0 Å². The molecule has 0 unspecified atom stereocenters. The monoisotopic (exact) mass is 560 g/mol. The summed E-state index contributed by atoms with van der Waals surface area (Å²) in [6, 6.07) is 23.3. The van der Waals surface area contributed by atoms with Gasteiger partial charge in [0.2, 0.25) is 0 Å². The second-order valence-electron chi connectivity index (χ2n) is 10.7. The molecule has 2 aliphatic heterocycles. The van der Waals surface area contributed by atoms with Crippen molar-refractivity contribution in [3.63, 3.8) is 0 Å². The van der Waals surface area contributed by atoms with Crippen molar-refractivity contribution in [2.75, 3.05) is 18.0 Å². The Balaban J connectivity index is 1.09. The van der Waals surface area contributed by atoms with Crippen LogP contribution in [0.1, 0.15) is 36.1 Å². The Morgan fingerprint density at radius 2 is 1.60 bits per heavy atom. The first-order valence-electron chi connectivity index (χ1n) is 13.5. The fourth-order valence-corrected chi connectivity index (χ4v) is 7.14. The summed E-state index contributed by atoms with van der Waals surface area (Å²) in [6.07, 6.45) is 5.04. The molecule has 3 heterocycles. The molecule has 0 amide bonds. The van der Waals surface area contributed by atoms with Gasteiger partial charge in [0.25, 0.3) is 0 Å². The molecule has 0 radical (unpaired) electrons. The van der Waals surface area contributed by atoms with Crippen LogP contribution in [-0.4, -0.2) is 32.1 Å². The summed E-state index contributed by atoms with van der Waals surface area (Å²) in [4.78, 5) is 6.21. The number of anilines is 1. The van der Waals surface area contributed by atoms with Crippen LogP contribution in [0.5, 0.6) is 5.75 Å². The van der Waals surface area contributed by atoms with Gasteiger partial charge in [-0.15, -0.1) is 0 Å². The second-order valence-corrected chi connectivity index (χ2v) is 12.8. The molecule has 206 valence electrons. The lowest BCUT2D eigenvalue weighted by atomic mass is 9.82. The normalized spacial score (nSPS) is 16.4. The third kappa shape index (κ3) is 5.72. The molecule has 4 aromatic rings. The van der Waals surface area contributed by atoms with Gasteiger partial charge in [0, 0.05) is 43.9 Å². The van der Waals surface area contributed by atoms with Crippen molar-refractivity contribution in [3.05, 3.63) is 114 Å². The van der Waals surface area contributed by atoms with E-state index in [1.165, 1.54) is 12.1 Å². The van der Waals surface area contributed by atoms with Gasteiger partial charge in [0.1, 0.15) is 11.4 Å². The third-order valence-corrected chi connectivity index (χ3v) is 9.46. The lowest BCUT2D eigenvalue weighted by molar-refractivity contribution is 0.0226. The molecule has 1 aromatic heterocycles. The van der Waals surface area contributed by atoms with Crippen molar-refractivity contribution in [3.8, 4) is 16.9 Å². The molecule has 0 N–H and O–H groups in total. The lowest BCUT2D eigenvalue weighted by Gasteiger charge is -2.45. The highest BCUT2D eigenvalue weighted by Crippen LogP contribution is 2.41. The molecule has 1 fully saturated rings. The summed E-state index contributed by atoms with van der Waals surface area (Å²) in [5.74, 6) is -0.864. The van der Waals surface area contributed by atoms with Crippen molar-refractivity contribution in [2.45, 2.75) is 42.8 Å². The van der Waals surface area contributed by atoms with E-state index in [-0.39, 0.29) is 17.1 Å². The van der Waals surface area contributed by atoms with Crippen LogP contribution < -0.4 is 9.64 Å². The van der Waals surface area contributed by atoms with Crippen molar-refractivity contribution < 1.29 is 21.9 Å². The average Bonchev–Trinajstić information content (AvgIpc) is 2.95.